The molecule has 1 N–H and O–H groups in total. The summed E-state index contributed by atoms with van der Waals surface area (Å²) in [7, 11) is 0. The summed E-state index contributed by atoms with van der Waals surface area (Å²) in [5.74, 6) is -0.720. The van der Waals surface area contributed by atoms with E-state index in [1.807, 2.05) is 36.6 Å². The number of carbonyl (C=O) groups excluding carboxylic acids is 2. The first kappa shape index (κ1) is 16.1. The number of ether oxygens (including phenoxy) is 1. The maximum absolute atomic E-state index is 11.9. The minimum absolute atomic E-state index is 0.0559. The summed E-state index contributed by atoms with van der Waals surface area (Å²) in [5.41, 5.74) is 3.28. The van der Waals surface area contributed by atoms with E-state index in [2.05, 4.69) is 9.97 Å². The largest absolute Gasteiger partial charge is 0.457 e. The number of esters is 1. The van der Waals surface area contributed by atoms with Gasteiger partial charge in [0, 0.05) is 17.1 Å². The zero-order valence-electron chi connectivity index (χ0n) is 13.1. The van der Waals surface area contributed by atoms with Crippen LogP contribution in [-0.4, -0.2) is 28.3 Å². The first-order valence-electron chi connectivity index (χ1n) is 7.45. The quantitative estimate of drug-likeness (QED) is 0.551. The molecule has 0 fully saturated rings. The highest BCUT2D eigenvalue weighted by Crippen LogP contribution is 2.24. The Labute approximate surface area is 143 Å². The molecule has 3 rings (SSSR count). The van der Waals surface area contributed by atoms with Gasteiger partial charge in [-0.1, -0.05) is 29.8 Å². The summed E-state index contributed by atoms with van der Waals surface area (Å²) in [6, 6.07) is 11.4. The molecule has 0 amide bonds. The van der Waals surface area contributed by atoms with E-state index in [4.69, 9.17) is 4.74 Å². The number of hydrogen-bond acceptors (Lipinski definition) is 5. The molecule has 0 aliphatic heterocycles. The van der Waals surface area contributed by atoms with Crippen LogP contribution in [0, 0.1) is 6.92 Å². The second-order valence-electron chi connectivity index (χ2n) is 5.35. The molecule has 0 radical (unpaired) electrons. The Morgan fingerprint density at radius 1 is 1.21 bits per heavy atom. The predicted molar refractivity (Wildman–Crippen MR) is 92.1 cm³/mol. The van der Waals surface area contributed by atoms with Gasteiger partial charge < -0.3 is 9.72 Å². The number of rotatable bonds is 6. The van der Waals surface area contributed by atoms with Crippen LogP contribution in [0.15, 0.2) is 48.0 Å². The van der Waals surface area contributed by atoms with Crippen molar-refractivity contribution in [3.05, 3.63) is 64.9 Å². The fourth-order valence-corrected chi connectivity index (χ4v) is 2.97. The van der Waals surface area contributed by atoms with E-state index in [-0.39, 0.29) is 18.8 Å². The van der Waals surface area contributed by atoms with Gasteiger partial charge in [-0.25, -0.2) is 4.98 Å². The number of nitrogens with zero attached hydrogens (tertiary/aromatic N) is 1. The van der Waals surface area contributed by atoms with Gasteiger partial charge in [0.25, 0.3) is 0 Å². The lowest BCUT2D eigenvalue weighted by molar-refractivity contribution is -0.141. The Bertz CT molecular complexity index is 836. The van der Waals surface area contributed by atoms with Crippen molar-refractivity contribution in [2.24, 2.45) is 0 Å². The molecular formula is C18H16N2O3S. The van der Waals surface area contributed by atoms with Gasteiger partial charge in [0.1, 0.15) is 5.01 Å². The number of aryl methyl sites for hydroxylation is 1. The number of aromatic nitrogens is 2. The number of ketones is 1. The van der Waals surface area contributed by atoms with Crippen molar-refractivity contribution in [2.45, 2.75) is 13.3 Å². The fourth-order valence-electron chi connectivity index (χ4n) is 2.14. The van der Waals surface area contributed by atoms with E-state index >= 15 is 0 Å². The second kappa shape index (κ2) is 7.23. The molecule has 0 aliphatic rings. The summed E-state index contributed by atoms with van der Waals surface area (Å²) < 4.78 is 5.02. The van der Waals surface area contributed by atoms with Crippen LogP contribution in [0.3, 0.4) is 0 Å². The molecular weight excluding hydrogens is 324 g/mol. The van der Waals surface area contributed by atoms with Crippen LogP contribution in [0.5, 0.6) is 0 Å². The molecule has 6 heteroatoms. The normalized spacial score (nSPS) is 10.5. The van der Waals surface area contributed by atoms with E-state index in [1.54, 1.807) is 18.3 Å². The van der Waals surface area contributed by atoms with Gasteiger partial charge in [0.05, 0.1) is 17.8 Å². The van der Waals surface area contributed by atoms with E-state index in [0.717, 1.165) is 10.6 Å². The minimum atomic E-state index is -0.462. The highest BCUT2D eigenvalue weighted by molar-refractivity contribution is 7.13. The van der Waals surface area contributed by atoms with Crippen LogP contribution in [-0.2, 0) is 16.0 Å². The van der Waals surface area contributed by atoms with Crippen LogP contribution in [0.1, 0.15) is 21.7 Å². The summed E-state index contributed by atoms with van der Waals surface area (Å²) >= 11 is 1.48. The molecule has 24 heavy (non-hydrogen) atoms. The van der Waals surface area contributed by atoms with Gasteiger partial charge in [-0.2, -0.15) is 0 Å². The van der Waals surface area contributed by atoms with Crippen LogP contribution < -0.4 is 0 Å². The summed E-state index contributed by atoms with van der Waals surface area (Å²) in [6.45, 7) is 1.76. The zero-order valence-corrected chi connectivity index (χ0v) is 13.9. The Kier molecular flexibility index (Phi) is 4.86. The summed E-state index contributed by atoms with van der Waals surface area (Å²) in [5, 5.41) is 2.70. The van der Waals surface area contributed by atoms with Crippen molar-refractivity contribution in [2.75, 3.05) is 6.61 Å². The van der Waals surface area contributed by atoms with Crippen LogP contribution in [0.4, 0.5) is 0 Å². The first-order chi connectivity index (χ1) is 11.6. The van der Waals surface area contributed by atoms with Crippen molar-refractivity contribution in [1.29, 1.82) is 0 Å². The van der Waals surface area contributed by atoms with Gasteiger partial charge in [-0.15, -0.1) is 11.3 Å². The molecule has 0 bridgehead atoms. The SMILES string of the molecule is Cc1ccc(-c2nc(CC(=O)OCC(=O)c3ccc[nH]3)cs2)cc1. The van der Waals surface area contributed by atoms with E-state index in [9.17, 15) is 9.59 Å². The maximum atomic E-state index is 11.9. The molecule has 0 aliphatic carbocycles. The number of H-pyrrole nitrogens is 1. The number of Topliss-reactive ketones (excluding diaryl/α,β-unsaturated/α-hetero) is 1. The molecule has 122 valence electrons. The third kappa shape index (κ3) is 3.97. The zero-order chi connectivity index (χ0) is 16.9. The molecule has 0 atom stereocenters. The third-order valence-electron chi connectivity index (χ3n) is 3.44. The smallest absolute Gasteiger partial charge is 0.312 e. The van der Waals surface area contributed by atoms with E-state index in [0.29, 0.717) is 11.4 Å². The average molecular weight is 340 g/mol. The molecule has 2 heterocycles. The molecule has 5 nitrogen and oxygen atoms in total. The van der Waals surface area contributed by atoms with E-state index < -0.39 is 5.97 Å². The Hall–Kier alpha value is -2.73. The Morgan fingerprint density at radius 3 is 2.71 bits per heavy atom. The average Bonchev–Trinajstić information content (AvgIpc) is 3.25. The van der Waals surface area contributed by atoms with Crippen molar-refractivity contribution >= 4 is 23.1 Å². The van der Waals surface area contributed by atoms with Crippen LogP contribution in [0.2, 0.25) is 0 Å². The lowest BCUT2D eigenvalue weighted by Crippen LogP contribution is -2.16. The molecule has 3 aromatic rings. The Morgan fingerprint density at radius 2 is 2.00 bits per heavy atom. The lowest BCUT2D eigenvalue weighted by atomic mass is 10.2. The number of carbonyl (C=O) groups is 2. The predicted octanol–water partition coefficient (Wildman–Crippen LogP) is 3.42. The van der Waals surface area contributed by atoms with Crippen molar-refractivity contribution in [1.82, 2.24) is 9.97 Å². The fraction of sp³-hybridized carbons (Fsp3) is 0.167. The van der Waals surface area contributed by atoms with Crippen molar-refractivity contribution in [3.63, 3.8) is 0 Å². The highest BCUT2D eigenvalue weighted by Gasteiger charge is 2.13. The van der Waals surface area contributed by atoms with E-state index in [1.165, 1.54) is 16.9 Å². The Balaban J connectivity index is 1.55. The summed E-state index contributed by atoms with van der Waals surface area (Å²) in [6.07, 6.45) is 1.71. The summed E-state index contributed by atoms with van der Waals surface area (Å²) in [4.78, 5) is 30.9. The monoisotopic (exact) mass is 340 g/mol. The van der Waals surface area contributed by atoms with Gasteiger partial charge in [0.2, 0.25) is 5.78 Å². The van der Waals surface area contributed by atoms with Crippen LogP contribution in [0.25, 0.3) is 10.6 Å². The van der Waals surface area contributed by atoms with Crippen molar-refractivity contribution < 1.29 is 14.3 Å². The topological polar surface area (TPSA) is 72.0 Å². The molecule has 0 unspecified atom stereocenters. The maximum Gasteiger partial charge on any atom is 0.312 e. The molecule has 2 aromatic heterocycles. The van der Waals surface area contributed by atoms with Gasteiger partial charge >= 0.3 is 5.97 Å². The standard InChI is InChI=1S/C18H16N2O3S/c1-12-4-6-13(7-5-12)18-20-14(11-24-18)9-17(22)23-10-16(21)15-3-2-8-19-15/h2-8,11,19H,9-10H2,1H3. The van der Waals surface area contributed by atoms with Crippen LogP contribution >= 0.6 is 11.3 Å². The number of thiazole rings is 1. The molecule has 0 saturated heterocycles. The number of hydrogen-bond donors (Lipinski definition) is 1. The lowest BCUT2D eigenvalue weighted by Gasteiger charge is -2.02. The number of nitrogens with one attached hydrogen (secondary N) is 1. The third-order valence-corrected chi connectivity index (χ3v) is 4.38. The van der Waals surface area contributed by atoms with Gasteiger partial charge in [-0.05, 0) is 19.1 Å². The second-order valence-corrected chi connectivity index (χ2v) is 6.21. The van der Waals surface area contributed by atoms with Gasteiger partial charge in [-0.3, -0.25) is 9.59 Å². The number of benzene rings is 1. The first-order valence-corrected chi connectivity index (χ1v) is 8.33. The highest BCUT2D eigenvalue weighted by atomic mass is 32.1. The molecule has 0 spiro atoms. The molecule has 0 saturated carbocycles. The minimum Gasteiger partial charge on any atom is -0.457 e. The van der Waals surface area contributed by atoms with Gasteiger partial charge in [0.15, 0.2) is 6.61 Å². The molecule has 1 aromatic carbocycles. The number of aromatic amines is 1. The van der Waals surface area contributed by atoms with Crippen molar-refractivity contribution in [3.8, 4) is 10.6 Å².